The summed E-state index contributed by atoms with van der Waals surface area (Å²) in [4.78, 5) is 24.9. The predicted octanol–water partition coefficient (Wildman–Crippen LogP) is 2.50. The van der Waals surface area contributed by atoms with Gasteiger partial charge < -0.3 is 14.4 Å². The van der Waals surface area contributed by atoms with Crippen molar-refractivity contribution in [2.75, 3.05) is 26.8 Å². The third-order valence-corrected chi connectivity index (χ3v) is 3.20. The Balaban J connectivity index is 2.33. The molecule has 0 saturated heterocycles. The third kappa shape index (κ3) is 5.45. The lowest BCUT2D eigenvalue weighted by atomic mass is 10.2. The molecule has 1 aromatic carbocycles. The van der Waals surface area contributed by atoms with E-state index in [2.05, 4.69) is 4.74 Å². The first-order valence-corrected chi connectivity index (χ1v) is 7.21. The van der Waals surface area contributed by atoms with E-state index in [4.69, 9.17) is 4.74 Å². The fourth-order valence-electron chi connectivity index (χ4n) is 1.95. The van der Waals surface area contributed by atoms with Gasteiger partial charge in [0.15, 0.2) is 0 Å². The zero-order chi connectivity index (χ0) is 15.7. The number of carbonyl (C=O) groups excluding carboxylic acids is 2. The summed E-state index contributed by atoms with van der Waals surface area (Å²) in [5.74, 6) is 0.467. The average Bonchev–Trinajstić information content (AvgIpc) is 2.52. The van der Waals surface area contributed by atoms with Crippen molar-refractivity contribution in [1.29, 1.82) is 0 Å². The van der Waals surface area contributed by atoms with Gasteiger partial charge >= 0.3 is 5.97 Å². The molecule has 5 heteroatoms. The molecule has 0 aliphatic heterocycles. The van der Waals surface area contributed by atoms with Gasteiger partial charge in [-0.3, -0.25) is 4.79 Å². The fraction of sp³-hybridized carbons (Fsp3) is 0.500. The lowest BCUT2D eigenvalue weighted by molar-refractivity contribution is -0.131. The van der Waals surface area contributed by atoms with Gasteiger partial charge in [-0.15, -0.1) is 0 Å². The Bertz CT molecular complexity index is 452. The van der Waals surface area contributed by atoms with Gasteiger partial charge in [-0.05, 0) is 44.5 Å². The van der Waals surface area contributed by atoms with Crippen molar-refractivity contribution in [2.24, 2.45) is 0 Å². The molecule has 5 nitrogen and oxygen atoms in total. The zero-order valence-corrected chi connectivity index (χ0v) is 12.9. The summed E-state index contributed by atoms with van der Waals surface area (Å²) in [7, 11) is 1.35. The molecule has 0 saturated carbocycles. The van der Waals surface area contributed by atoms with Crippen molar-refractivity contribution in [1.82, 2.24) is 4.90 Å². The predicted molar refractivity (Wildman–Crippen MR) is 80.4 cm³/mol. The number of hydrogen-bond acceptors (Lipinski definition) is 4. The van der Waals surface area contributed by atoms with E-state index in [1.807, 2.05) is 18.7 Å². The van der Waals surface area contributed by atoms with E-state index in [1.165, 1.54) is 7.11 Å². The second-order valence-electron chi connectivity index (χ2n) is 4.53. The lowest BCUT2D eigenvalue weighted by Gasteiger charge is -2.18. The maximum atomic E-state index is 11.8. The first-order chi connectivity index (χ1) is 10.1. The molecule has 0 unspecified atom stereocenters. The first-order valence-electron chi connectivity index (χ1n) is 7.21. The van der Waals surface area contributed by atoms with Gasteiger partial charge in [-0.2, -0.15) is 0 Å². The van der Waals surface area contributed by atoms with Crippen LogP contribution < -0.4 is 4.74 Å². The van der Waals surface area contributed by atoms with Crippen molar-refractivity contribution in [3.05, 3.63) is 29.8 Å². The minimum atomic E-state index is -0.369. The summed E-state index contributed by atoms with van der Waals surface area (Å²) < 4.78 is 10.2. The number of methoxy groups -OCH3 is 1. The SMILES string of the molecule is CCN(CC)C(=O)CCCOc1ccc(C(=O)OC)cc1. The highest BCUT2D eigenvalue weighted by atomic mass is 16.5. The first kappa shape index (κ1) is 17.0. The van der Waals surface area contributed by atoms with Gasteiger partial charge in [0.1, 0.15) is 5.75 Å². The molecule has 21 heavy (non-hydrogen) atoms. The van der Waals surface area contributed by atoms with Crippen LogP contribution in [0.4, 0.5) is 0 Å². The van der Waals surface area contributed by atoms with Crippen LogP contribution in [0, 0.1) is 0 Å². The number of hydrogen-bond donors (Lipinski definition) is 0. The van der Waals surface area contributed by atoms with Crippen molar-refractivity contribution in [2.45, 2.75) is 26.7 Å². The molecular weight excluding hydrogens is 270 g/mol. The normalized spacial score (nSPS) is 10.0. The Hall–Kier alpha value is -2.04. The summed E-state index contributed by atoms with van der Waals surface area (Å²) in [6, 6.07) is 6.75. The van der Waals surface area contributed by atoms with Crippen LogP contribution in [0.25, 0.3) is 0 Å². The quantitative estimate of drug-likeness (QED) is 0.546. The average molecular weight is 293 g/mol. The Morgan fingerprint density at radius 1 is 1.10 bits per heavy atom. The van der Waals surface area contributed by atoms with Crippen LogP contribution in [0.15, 0.2) is 24.3 Å². The van der Waals surface area contributed by atoms with Crippen molar-refractivity contribution in [3.8, 4) is 5.75 Å². The highest BCUT2D eigenvalue weighted by Gasteiger charge is 2.09. The Morgan fingerprint density at radius 3 is 2.24 bits per heavy atom. The van der Waals surface area contributed by atoms with Gasteiger partial charge in [0.05, 0.1) is 19.3 Å². The third-order valence-electron chi connectivity index (χ3n) is 3.20. The highest BCUT2D eigenvalue weighted by Crippen LogP contribution is 2.13. The molecule has 0 aromatic heterocycles. The van der Waals surface area contributed by atoms with Crippen LogP contribution in [0.2, 0.25) is 0 Å². The van der Waals surface area contributed by atoms with E-state index in [0.717, 1.165) is 13.1 Å². The van der Waals surface area contributed by atoms with E-state index in [-0.39, 0.29) is 11.9 Å². The molecular formula is C16H23NO4. The summed E-state index contributed by atoms with van der Waals surface area (Å²) in [5.41, 5.74) is 0.488. The van der Waals surface area contributed by atoms with Gasteiger partial charge in [0.25, 0.3) is 0 Å². The van der Waals surface area contributed by atoms with Gasteiger partial charge in [-0.1, -0.05) is 0 Å². The monoisotopic (exact) mass is 293 g/mol. The Labute approximate surface area is 125 Å². The minimum Gasteiger partial charge on any atom is -0.494 e. The molecule has 1 amide bonds. The summed E-state index contributed by atoms with van der Waals surface area (Å²) >= 11 is 0. The molecule has 0 spiro atoms. The number of esters is 1. The van der Waals surface area contributed by atoms with Crippen molar-refractivity contribution < 1.29 is 19.1 Å². The van der Waals surface area contributed by atoms with E-state index in [1.54, 1.807) is 24.3 Å². The van der Waals surface area contributed by atoms with Crippen LogP contribution in [0.5, 0.6) is 5.75 Å². The molecule has 0 atom stereocenters. The van der Waals surface area contributed by atoms with Gasteiger partial charge in [0.2, 0.25) is 5.91 Å². The number of nitrogens with zero attached hydrogens (tertiary/aromatic N) is 1. The van der Waals surface area contributed by atoms with Crippen molar-refractivity contribution in [3.63, 3.8) is 0 Å². The maximum Gasteiger partial charge on any atom is 0.337 e. The fourth-order valence-corrected chi connectivity index (χ4v) is 1.95. The molecule has 0 bridgehead atoms. The molecule has 0 fully saturated rings. The summed E-state index contributed by atoms with van der Waals surface area (Å²) in [6.45, 7) is 5.91. The molecule has 0 aliphatic rings. The molecule has 0 radical (unpaired) electrons. The zero-order valence-electron chi connectivity index (χ0n) is 12.9. The molecule has 0 aliphatic carbocycles. The molecule has 1 rings (SSSR count). The van der Waals surface area contributed by atoms with Gasteiger partial charge in [-0.25, -0.2) is 4.79 Å². The summed E-state index contributed by atoms with van der Waals surface area (Å²) in [5, 5.41) is 0. The lowest BCUT2D eigenvalue weighted by Crippen LogP contribution is -2.30. The number of ether oxygens (including phenoxy) is 2. The second-order valence-corrected chi connectivity index (χ2v) is 4.53. The number of rotatable bonds is 8. The largest absolute Gasteiger partial charge is 0.494 e. The second kappa shape index (κ2) is 9.00. The minimum absolute atomic E-state index is 0.157. The van der Waals surface area contributed by atoms with Crippen LogP contribution in [-0.4, -0.2) is 43.6 Å². The van der Waals surface area contributed by atoms with Crippen LogP contribution >= 0.6 is 0 Å². The maximum absolute atomic E-state index is 11.8. The topological polar surface area (TPSA) is 55.8 Å². The van der Waals surface area contributed by atoms with Crippen molar-refractivity contribution >= 4 is 11.9 Å². The number of benzene rings is 1. The number of carbonyl (C=O) groups is 2. The molecule has 116 valence electrons. The standard InChI is InChI=1S/C16H23NO4/c1-4-17(5-2)15(18)7-6-12-21-14-10-8-13(9-11-14)16(19)20-3/h8-11H,4-7,12H2,1-3H3. The highest BCUT2D eigenvalue weighted by molar-refractivity contribution is 5.89. The van der Waals surface area contributed by atoms with Gasteiger partial charge in [0, 0.05) is 19.5 Å². The van der Waals surface area contributed by atoms with Crippen LogP contribution in [-0.2, 0) is 9.53 Å². The van der Waals surface area contributed by atoms with E-state index < -0.39 is 0 Å². The Morgan fingerprint density at radius 2 is 1.71 bits per heavy atom. The van der Waals surface area contributed by atoms with E-state index >= 15 is 0 Å². The molecule has 1 aromatic rings. The molecule has 0 heterocycles. The Kier molecular flexibility index (Phi) is 7.29. The van der Waals surface area contributed by atoms with Crippen LogP contribution in [0.1, 0.15) is 37.0 Å². The van der Waals surface area contributed by atoms with Crippen LogP contribution in [0.3, 0.4) is 0 Å². The molecule has 0 N–H and O–H groups in total. The smallest absolute Gasteiger partial charge is 0.337 e. The van der Waals surface area contributed by atoms with E-state index in [0.29, 0.717) is 30.8 Å². The summed E-state index contributed by atoms with van der Waals surface area (Å²) in [6.07, 6.45) is 1.16. The van der Waals surface area contributed by atoms with E-state index in [9.17, 15) is 9.59 Å². The number of amides is 1.